The largest absolute Gasteiger partial charge is 0.419 e. The summed E-state index contributed by atoms with van der Waals surface area (Å²) in [5, 5.41) is 3.08. The predicted octanol–water partition coefficient (Wildman–Crippen LogP) is 4.76. The van der Waals surface area contributed by atoms with Gasteiger partial charge < -0.3 is 5.32 Å². The van der Waals surface area contributed by atoms with E-state index in [0.717, 1.165) is 37.9 Å². The minimum atomic E-state index is -4.64. The third kappa shape index (κ3) is 5.90. The second kappa shape index (κ2) is 7.62. The van der Waals surface area contributed by atoms with Gasteiger partial charge >= 0.3 is 6.18 Å². The van der Waals surface area contributed by atoms with Crippen LogP contribution in [0.3, 0.4) is 0 Å². The van der Waals surface area contributed by atoms with Crippen molar-refractivity contribution in [3.05, 3.63) is 35.1 Å². The van der Waals surface area contributed by atoms with E-state index in [4.69, 9.17) is 0 Å². The molecule has 0 bridgehead atoms. The Bertz CT molecular complexity index is 413. The average molecular weight is 291 g/mol. The van der Waals surface area contributed by atoms with Gasteiger partial charge in [-0.15, -0.1) is 0 Å². The normalized spacial score (nSPS) is 12.2. The highest BCUT2D eigenvalue weighted by molar-refractivity contribution is 5.27. The number of alkyl halides is 3. The summed E-state index contributed by atoms with van der Waals surface area (Å²) < 4.78 is 50.7. The molecule has 0 radical (unpaired) electrons. The fourth-order valence-electron chi connectivity index (χ4n) is 1.93. The zero-order valence-corrected chi connectivity index (χ0v) is 11.9. The van der Waals surface area contributed by atoms with Gasteiger partial charge in [0, 0.05) is 6.54 Å². The van der Waals surface area contributed by atoms with Crippen LogP contribution in [0.2, 0.25) is 0 Å². The highest BCUT2D eigenvalue weighted by Crippen LogP contribution is 2.31. The summed E-state index contributed by atoms with van der Waals surface area (Å²) in [5.74, 6) is -0.556. The molecule has 0 fully saturated rings. The Morgan fingerprint density at radius 2 is 1.85 bits per heavy atom. The Hall–Kier alpha value is -1.10. The van der Waals surface area contributed by atoms with Gasteiger partial charge in [-0.05, 0) is 36.6 Å². The highest BCUT2D eigenvalue weighted by Gasteiger charge is 2.34. The van der Waals surface area contributed by atoms with Crippen molar-refractivity contribution in [2.45, 2.75) is 45.8 Å². The molecule has 1 aromatic carbocycles. The summed E-state index contributed by atoms with van der Waals surface area (Å²) in [7, 11) is 0. The molecular weight excluding hydrogens is 270 g/mol. The first kappa shape index (κ1) is 17.0. The van der Waals surface area contributed by atoms with Crippen LogP contribution in [0.4, 0.5) is 17.6 Å². The molecule has 0 aromatic heterocycles. The quantitative estimate of drug-likeness (QED) is 0.564. The zero-order chi connectivity index (χ0) is 15.2. The molecule has 0 aliphatic rings. The molecule has 1 aromatic rings. The van der Waals surface area contributed by atoms with Gasteiger partial charge in [-0.25, -0.2) is 4.39 Å². The fraction of sp³-hybridized carbons (Fsp3) is 0.600. The van der Waals surface area contributed by atoms with Crippen molar-refractivity contribution in [3.63, 3.8) is 0 Å². The van der Waals surface area contributed by atoms with Gasteiger partial charge in [0.05, 0.1) is 5.56 Å². The number of unbranched alkanes of at least 4 members (excludes halogenated alkanes) is 1. The van der Waals surface area contributed by atoms with Gasteiger partial charge in [-0.1, -0.05) is 32.8 Å². The van der Waals surface area contributed by atoms with Crippen LogP contribution in [0.5, 0.6) is 0 Å². The molecule has 0 heterocycles. The number of hydrogen-bond acceptors (Lipinski definition) is 1. The van der Waals surface area contributed by atoms with E-state index in [2.05, 4.69) is 19.2 Å². The van der Waals surface area contributed by atoms with E-state index in [9.17, 15) is 17.6 Å². The first-order valence-corrected chi connectivity index (χ1v) is 6.87. The Morgan fingerprint density at radius 3 is 2.45 bits per heavy atom. The smallest absolute Gasteiger partial charge is 0.313 e. The number of hydrogen-bond donors (Lipinski definition) is 1. The maximum atomic E-state index is 13.1. The van der Waals surface area contributed by atoms with Crippen molar-refractivity contribution >= 4 is 0 Å². The van der Waals surface area contributed by atoms with Crippen LogP contribution in [0.25, 0.3) is 0 Å². The second-order valence-corrected chi connectivity index (χ2v) is 5.38. The average Bonchev–Trinajstić information content (AvgIpc) is 2.33. The summed E-state index contributed by atoms with van der Waals surface area (Å²) in [6.07, 6.45) is -1.40. The van der Waals surface area contributed by atoms with Gasteiger partial charge in [0.2, 0.25) is 0 Å². The van der Waals surface area contributed by atoms with Gasteiger partial charge in [-0.2, -0.15) is 13.2 Å². The number of nitrogens with one attached hydrogen (secondary N) is 1. The summed E-state index contributed by atoms with van der Waals surface area (Å²) in [5.41, 5.74) is -0.751. The molecule has 0 aliphatic carbocycles. The third-order valence-corrected chi connectivity index (χ3v) is 3.05. The van der Waals surface area contributed by atoms with Gasteiger partial charge in [0.25, 0.3) is 0 Å². The number of halogens is 4. The Kier molecular flexibility index (Phi) is 6.46. The Morgan fingerprint density at radius 1 is 1.15 bits per heavy atom. The molecule has 1 N–H and O–H groups in total. The van der Waals surface area contributed by atoms with Crippen LogP contribution in [0.15, 0.2) is 18.2 Å². The molecule has 1 nitrogen and oxygen atoms in total. The topological polar surface area (TPSA) is 12.0 Å². The Labute approximate surface area is 117 Å². The van der Waals surface area contributed by atoms with E-state index in [-0.39, 0.29) is 0 Å². The lowest BCUT2D eigenvalue weighted by molar-refractivity contribution is -0.140. The van der Waals surface area contributed by atoms with Gasteiger partial charge in [0.15, 0.2) is 0 Å². The molecule has 1 rings (SSSR count). The maximum absolute atomic E-state index is 13.1. The first-order chi connectivity index (χ1) is 9.30. The van der Waals surface area contributed by atoms with E-state index in [1.54, 1.807) is 0 Å². The summed E-state index contributed by atoms with van der Waals surface area (Å²) in [6, 6.07) is 3.13. The zero-order valence-electron chi connectivity index (χ0n) is 11.9. The van der Waals surface area contributed by atoms with Crippen LogP contribution in [0, 0.1) is 11.7 Å². The third-order valence-electron chi connectivity index (χ3n) is 3.05. The van der Waals surface area contributed by atoms with Gasteiger partial charge in [0.1, 0.15) is 5.82 Å². The Balaban J connectivity index is 2.41. The predicted molar refractivity (Wildman–Crippen MR) is 71.8 cm³/mol. The van der Waals surface area contributed by atoms with E-state index in [1.807, 2.05) is 0 Å². The van der Waals surface area contributed by atoms with Crippen LogP contribution in [0.1, 0.15) is 44.2 Å². The molecule has 5 heteroatoms. The minimum Gasteiger partial charge on any atom is -0.313 e. The molecule has 0 aliphatic heterocycles. The number of benzene rings is 1. The lowest BCUT2D eigenvalue weighted by atomic mass is 10.1. The van der Waals surface area contributed by atoms with Crippen LogP contribution in [-0.2, 0) is 12.7 Å². The van der Waals surface area contributed by atoms with Crippen molar-refractivity contribution in [2.75, 3.05) is 6.54 Å². The SMILES string of the molecule is CC(C)CCCCNCc1ccc(F)c(C(F)(F)F)c1. The molecule has 0 amide bonds. The van der Waals surface area contributed by atoms with E-state index in [0.29, 0.717) is 18.0 Å². The molecule has 0 atom stereocenters. The maximum Gasteiger partial charge on any atom is 0.419 e. The molecule has 0 saturated carbocycles. The monoisotopic (exact) mass is 291 g/mol. The molecule has 0 saturated heterocycles. The summed E-state index contributed by atoms with van der Waals surface area (Å²) in [4.78, 5) is 0. The minimum absolute atomic E-state index is 0.324. The molecule has 0 unspecified atom stereocenters. The molecule has 0 spiro atoms. The standard InChI is InChI=1S/C15H21F4N/c1-11(2)5-3-4-8-20-10-12-6-7-14(16)13(9-12)15(17,18)19/h6-7,9,11,20H,3-5,8,10H2,1-2H3. The van der Waals surface area contributed by atoms with E-state index < -0.39 is 17.6 Å². The molecule has 20 heavy (non-hydrogen) atoms. The van der Waals surface area contributed by atoms with Crippen LogP contribution in [-0.4, -0.2) is 6.54 Å². The summed E-state index contributed by atoms with van der Waals surface area (Å²) in [6.45, 7) is 5.39. The van der Waals surface area contributed by atoms with Crippen molar-refractivity contribution in [2.24, 2.45) is 5.92 Å². The van der Waals surface area contributed by atoms with Crippen LogP contribution < -0.4 is 5.32 Å². The van der Waals surface area contributed by atoms with Crippen LogP contribution >= 0.6 is 0 Å². The lowest BCUT2D eigenvalue weighted by Gasteiger charge is -2.11. The second-order valence-electron chi connectivity index (χ2n) is 5.38. The molecular formula is C15H21F4N. The van der Waals surface area contributed by atoms with E-state index >= 15 is 0 Å². The highest BCUT2D eigenvalue weighted by atomic mass is 19.4. The van der Waals surface area contributed by atoms with E-state index in [1.165, 1.54) is 6.07 Å². The fourth-order valence-corrected chi connectivity index (χ4v) is 1.93. The van der Waals surface area contributed by atoms with Crippen molar-refractivity contribution in [1.29, 1.82) is 0 Å². The molecule has 114 valence electrons. The van der Waals surface area contributed by atoms with Gasteiger partial charge in [-0.3, -0.25) is 0 Å². The van der Waals surface area contributed by atoms with Crippen molar-refractivity contribution in [1.82, 2.24) is 5.32 Å². The number of rotatable bonds is 7. The first-order valence-electron chi connectivity index (χ1n) is 6.87. The van der Waals surface area contributed by atoms with Crippen molar-refractivity contribution in [3.8, 4) is 0 Å². The van der Waals surface area contributed by atoms with Crippen molar-refractivity contribution < 1.29 is 17.6 Å². The lowest BCUT2D eigenvalue weighted by Crippen LogP contribution is -2.16. The summed E-state index contributed by atoms with van der Waals surface area (Å²) >= 11 is 0.